The second-order valence-corrected chi connectivity index (χ2v) is 4.78. The molecule has 0 fully saturated rings. The fraction of sp³-hybridized carbons (Fsp3) is 0.188. The Bertz CT molecular complexity index is 672. The Labute approximate surface area is 119 Å². The summed E-state index contributed by atoms with van der Waals surface area (Å²) in [6.45, 7) is 1.90. The summed E-state index contributed by atoms with van der Waals surface area (Å²) in [6.07, 6.45) is 0. The number of para-hydroxylation sites is 1. The van der Waals surface area contributed by atoms with E-state index in [1.165, 1.54) is 0 Å². The van der Waals surface area contributed by atoms with Crippen molar-refractivity contribution < 1.29 is 4.74 Å². The fourth-order valence-electron chi connectivity index (χ4n) is 1.88. The number of nitrogen functional groups attached to an aromatic ring is 1. The highest BCUT2D eigenvalue weighted by Crippen LogP contribution is 2.34. The first-order valence-electron chi connectivity index (χ1n) is 6.27. The standard InChI is InChI=1S/C16H17N3O/c1-11-5-4-6-12(10-17)16(11)20-15-9-13(19(2)3)7-8-14(15)18/h4-9H,18H2,1-3H3. The first-order valence-corrected chi connectivity index (χ1v) is 6.27. The van der Waals surface area contributed by atoms with Crippen molar-refractivity contribution in [1.82, 2.24) is 0 Å². The topological polar surface area (TPSA) is 62.3 Å². The molecule has 0 saturated heterocycles. The van der Waals surface area contributed by atoms with Crippen molar-refractivity contribution >= 4 is 11.4 Å². The van der Waals surface area contributed by atoms with E-state index in [1.807, 2.05) is 50.2 Å². The molecular weight excluding hydrogens is 250 g/mol. The van der Waals surface area contributed by atoms with Crippen molar-refractivity contribution in [3.8, 4) is 17.6 Å². The number of benzene rings is 2. The zero-order valence-electron chi connectivity index (χ0n) is 11.8. The molecule has 0 heterocycles. The first kappa shape index (κ1) is 13.8. The molecule has 4 nitrogen and oxygen atoms in total. The van der Waals surface area contributed by atoms with Gasteiger partial charge in [-0.1, -0.05) is 12.1 Å². The molecule has 2 aromatic carbocycles. The highest BCUT2D eigenvalue weighted by Gasteiger charge is 2.11. The summed E-state index contributed by atoms with van der Waals surface area (Å²) in [4.78, 5) is 1.97. The Balaban J connectivity index is 2.45. The number of anilines is 2. The maximum absolute atomic E-state index is 9.16. The molecule has 0 saturated carbocycles. The molecule has 0 aromatic heterocycles. The molecule has 0 radical (unpaired) electrons. The van der Waals surface area contributed by atoms with Crippen molar-refractivity contribution in [2.45, 2.75) is 6.92 Å². The number of hydrogen-bond donors (Lipinski definition) is 1. The van der Waals surface area contributed by atoms with Crippen molar-refractivity contribution in [3.63, 3.8) is 0 Å². The van der Waals surface area contributed by atoms with Crippen LogP contribution < -0.4 is 15.4 Å². The zero-order valence-corrected chi connectivity index (χ0v) is 11.8. The lowest BCUT2D eigenvalue weighted by Crippen LogP contribution is -2.09. The summed E-state index contributed by atoms with van der Waals surface area (Å²) in [6, 6.07) is 13.2. The number of aryl methyl sites for hydroxylation is 1. The van der Waals surface area contributed by atoms with Crippen LogP contribution in [0.25, 0.3) is 0 Å². The van der Waals surface area contributed by atoms with Crippen LogP contribution in [-0.4, -0.2) is 14.1 Å². The molecule has 0 aliphatic heterocycles. The molecule has 0 atom stereocenters. The number of nitriles is 1. The number of rotatable bonds is 3. The van der Waals surface area contributed by atoms with E-state index < -0.39 is 0 Å². The maximum atomic E-state index is 9.16. The summed E-state index contributed by atoms with van der Waals surface area (Å²) in [5, 5.41) is 9.16. The first-order chi connectivity index (χ1) is 9.52. The second-order valence-electron chi connectivity index (χ2n) is 4.78. The van der Waals surface area contributed by atoms with E-state index in [4.69, 9.17) is 15.7 Å². The van der Waals surface area contributed by atoms with Crippen LogP contribution in [0, 0.1) is 18.3 Å². The van der Waals surface area contributed by atoms with Gasteiger partial charge in [0.25, 0.3) is 0 Å². The summed E-state index contributed by atoms with van der Waals surface area (Å²) < 4.78 is 5.88. The molecule has 4 heteroatoms. The van der Waals surface area contributed by atoms with Gasteiger partial charge in [0, 0.05) is 25.8 Å². The number of hydrogen-bond acceptors (Lipinski definition) is 4. The van der Waals surface area contributed by atoms with Gasteiger partial charge in [0.1, 0.15) is 11.8 Å². The molecule has 102 valence electrons. The van der Waals surface area contributed by atoms with Gasteiger partial charge < -0.3 is 15.4 Å². The monoisotopic (exact) mass is 267 g/mol. The molecular formula is C16H17N3O. The zero-order chi connectivity index (χ0) is 14.7. The Morgan fingerprint density at radius 3 is 2.60 bits per heavy atom. The third kappa shape index (κ3) is 2.67. The summed E-state index contributed by atoms with van der Waals surface area (Å²) in [7, 11) is 3.90. The molecule has 0 unspecified atom stereocenters. The van der Waals surface area contributed by atoms with Crippen molar-refractivity contribution in [3.05, 3.63) is 47.5 Å². The van der Waals surface area contributed by atoms with Gasteiger partial charge in [-0.15, -0.1) is 0 Å². The van der Waals surface area contributed by atoms with E-state index in [0.29, 0.717) is 22.7 Å². The van der Waals surface area contributed by atoms with E-state index in [0.717, 1.165) is 11.3 Å². The molecule has 2 rings (SSSR count). The van der Waals surface area contributed by atoms with Gasteiger partial charge in [-0.05, 0) is 30.7 Å². The summed E-state index contributed by atoms with van der Waals surface area (Å²) in [5.74, 6) is 1.11. The Morgan fingerprint density at radius 2 is 1.95 bits per heavy atom. The molecule has 0 bridgehead atoms. The average Bonchev–Trinajstić information content (AvgIpc) is 2.42. The minimum Gasteiger partial charge on any atom is -0.453 e. The Kier molecular flexibility index (Phi) is 3.81. The maximum Gasteiger partial charge on any atom is 0.152 e. The third-order valence-electron chi connectivity index (χ3n) is 3.06. The minimum absolute atomic E-state index is 0.500. The van der Waals surface area contributed by atoms with E-state index in [2.05, 4.69) is 6.07 Å². The third-order valence-corrected chi connectivity index (χ3v) is 3.06. The fourth-order valence-corrected chi connectivity index (χ4v) is 1.88. The van der Waals surface area contributed by atoms with Gasteiger partial charge in [0.15, 0.2) is 5.75 Å². The molecule has 0 spiro atoms. The van der Waals surface area contributed by atoms with Crippen LogP contribution in [0.15, 0.2) is 36.4 Å². The lowest BCUT2D eigenvalue weighted by atomic mass is 10.1. The lowest BCUT2D eigenvalue weighted by molar-refractivity contribution is 0.479. The quantitative estimate of drug-likeness (QED) is 0.867. The minimum atomic E-state index is 0.500. The average molecular weight is 267 g/mol. The molecule has 2 N–H and O–H groups in total. The van der Waals surface area contributed by atoms with E-state index in [9.17, 15) is 0 Å². The van der Waals surface area contributed by atoms with E-state index in [1.54, 1.807) is 12.1 Å². The molecule has 0 amide bonds. The number of ether oxygens (including phenoxy) is 1. The van der Waals surface area contributed by atoms with Gasteiger partial charge in [-0.3, -0.25) is 0 Å². The Morgan fingerprint density at radius 1 is 1.20 bits per heavy atom. The van der Waals surface area contributed by atoms with Gasteiger partial charge >= 0.3 is 0 Å². The predicted molar refractivity (Wildman–Crippen MR) is 81.1 cm³/mol. The van der Waals surface area contributed by atoms with Crippen molar-refractivity contribution in [2.24, 2.45) is 0 Å². The number of nitrogens with two attached hydrogens (primary N) is 1. The van der Waals surface area contributed by atoms with Gasteiger partial charge in [-0.2, -0.15) is 5.26 Å². The second kappa shape index (κ2) is 5.54. The lowest BCUT2D eigenvalue weighted by Gasteiger charge is -2.16. The van der Waals surface area contributed by atoms with Crippen LogP contribution in [-0.2, 0) is 0 Å². The molecule has 2 aromatic rings. The van der Waals surface area contributed by atoms with Crippen LogP contribution >= 0.6 is 0 Å². The highest BCUT2D eigenvalue weighted by molar-refractivity contribution is 5.64. The molecule has 0 aliphatic rings. The van der Waals surface area contributed by atoms with Gasteiger partial charge in [-0.25, -0.2) is 0 Å². The largest absolute Gasteiger partial charge is 0.453 e. The molecule has 20 heavy (non-hydrogen) atoms. The Hall–Kier alpha value is -2.67. The van der Waals surface area contributed by atoms with Crippen molar-refractivity contribution in [1.29, 1.82) is 5.26 Å². The van der Waals surface area contributed by atoms with E-state index in [-0.39, 0.29) is 0 Å². The van der Waals surface area contributed by atoms with Crippen LogP contribution in [0.2, 0.25) is 0 Å². The van der Waals surface area contributed by atoms with Crippen molar-refractivity contribution in [2.75, 3.05) is 24.7 Å². The predicted octanol–water partition coefficient (Wildman–Crippen LogP) is 3.31. The van der Waals surface area contributed by atoms with Crippen LogP contribution in [0.5, 0.6) is 11.5 Å². The van der Waals surface area contributed by atoms with Crippen LogP contribution in [0.4, 0.5) is 11.4 Å². The molecule has 0 aliphatic carbocycles. The van der Waals surface area contributed by atoms with Crippen LogP contribution in [0.3, 0.4) is 0 Å². The smallest absolute Gasteiger partial charge is 0.152 e. The highest BCUT2D eigenvalue weighted by atomic mass is 16.5. The summed E-state index contributed by atoms with van der Waals surface area (Å²) >= 11 is 0. The SMILES string of the molecule is Cc1cccc(C#N)c1Oc1cc(N(C)C)ccc1N. The van der Waals surface area contributed by atoms with Crippen LogP contribution in [0.1, 0.15) is 11.1 Å². The van der Waals surface area contributed by atoms with Gasteiger partial charge in [0.2, 0.25) is 0 Å². The summed E-state index contributed by atoms with van der Waals surface area (Å²) in [5.41, 5.74) is 8.89. The van der Waals surface area contributed by atoms with E-state index >= 15 is 0 Å². The number of nitrogens with zero attached hydrogens (tertiary/aromatic N) is 2. The van der Waals surface area contributed by atoms with Gasteiger partial charge in [0.05, 0.1) is 11.3 Å². The normalized spacial score (nSPS) is 9.90.